The number of phenols is 1. The lowest BCUT2D eigenvalue weighted by molar-refractivity contribution is -0.118. The summed E-state index contributed by atoms with van der Waals surface area (Å²) in [6, 6.07) is 17.6. The topological polar surface area (TPSA) is 105 Å². The van der Waals surface area contributed by atoms with E-state index in [9.17, 15) is 14.7 Å². The van der Waals surface area contributed by atoms with E-state index in [0.29, 0.717) is 35.9 Å². The van der Waals surface area contributed by atoms with Crippen LogP contribution in [0.4, 0.5) is 15.8 Å². The molecule has 1 aliphatic carbocycles. The Morgan fingerprint density at radius 1 is 1.14 bits per heavy atom. The number of nitrogens with zero attached hydrogens (tertiary/aromatic N) is 2. The molecule has 226 valence electrons. The maximum absolute atomic E-state index is 16.3. The van der Waals surface area contributed by atoms with Gasteiger partial charge >= 0.3 is 0 Å². The molecule has 0 spiro atoms. The molecular formula is C35H34FN3O5. The molecule has 4 aromatic rings. The molecule has 1 atom stereocenters. The van der Waals surface area contributed by atoms with Gasteiger partial charge in [0, 0.05) is 42.7 Å². The van der Waals surface area contributed by atoms with E-state index in [2.05, 4.69) is 10.3 Å². The number of aromatic nitrogens is 1. The Bertz CT molecular complexity index is 1790. The number of oxazole rings is 1. The summed E-state index contributed by atoms with van der Waals surface area (Å²) >= 11 is 0. The fourth-order valence-electron chi connectivity index (χ4n) is 6.11. The van der Waals surface area contributed by atoms with Gasteiger partial charge in [0.2, 0.25) is 0 Å². The van der Waals surface area contributed by atoms with Crippen LogP contribution in [-0.2, 0) is 17.8 Å². The third kappa shape index (κ3) is 5.34. The molecule has 1 aliphatic heterocycles. The predicted octanol–water partition coefficient (Wildman–Crippen LogP) is 7.43. The molecule has 9 heteroatoms. The van der Waals surface area contributed by atoms with Crippen LogP contribution >= 0.6 is 0 Å². The van der Waals surface area contributed by atoms with Crippen LogP contribution in [-0.4, -0.2) is 21.8 Å². The van der Waals surface area contributed by atoms with E-state index in [0.717, 1.165) is 5.56 Å². The van der Waals surface area contributed by atoms with Crippen LogP contribution in [0.2, 0.25) is 0 Å². The van der Waals surface area contributed by atoms with Crippen molar-refractivity contribution < 1.29 is 28.2 Å². The number of hydrogen-bond donors (Lipinski definition) is 2. The number of allylic oxidation sites excluding steroid dienone is 1. The highest BCUT2D eigenvalue weighted by Gasteiger charge is 2.45. The van der Waals surface area contributed by atoms with E-state index < -0.39 is 23.2 Å². The van der Waals surface area contributed by atoms with Crippen LogP contribution in [0.25, 0.3) is 0 Å². The number of benzene rings is 3. The van der Waals surface area contributed by atoms with Crippen molar-refractivity contribution in [1.82, 2.24) is 4.98 Å². The summed E-state index contributed by atoms with van der Waals surface area (Å²) in [6.45, 7) is 7.71. The molecule has 6 rings (SSSR count). The first-order valence-electron chi connectivity index (χ1n) is 14.7. The van der Waals surface area contributed by atoms with Gasteiger partial charge in [-0.2, -0.15) is 0 Å². The Labute approximate surface area is 255 Å². The highest BCUT2D eigenvalue weighted by atomic mass is 19.1. The summed E-state index contributed by atoms with van der Waals surface area (Å²) in [4.78, 5) is 34.3. The van der Waals surface area contributed by atoms with E-state index in [1.54, 1.807) is 31.2 Å². The molecule has 1 amide bonds. The number of ether oxygens (including phenoxy) is 1. The Kier molecular flexibility index (Phi) is 7.49. The minimum Gasteiger partial charge on any atom is -0.506 e. The molecule has 1 aromatic heterocycles. The maximum atomic E-state index is 16.3. The second kappa shape index (κ2) is 11.3. The van der Waals surface area contributed by atoms with Gasteiger partial charge in [-0.25, -0.2) is 9.37 Å². The van der Waals surface area contributed by atoms with Crippen LogP contribution in [0, 0.1) is 18.2 Å². The number of phenolic OH excluding ortho intramolecular Hbond substituents is 1. The molecule has 0 saturated heterocycles. The molecule has 1 unspecified atom stereocenters. The van der Waals surface area contributed by atoms with Gasteiger partial charge in [-0.05, 0) is 41.7 Å². The van der Waals surface area contributed by atoms with Gasteiger partial charge in [0.25, 0.3) is 5.91 Å². The zero-order valence-corrected chi connectivity index (χ0v) is 25.1. The van der Waals surface area contributed by atoms with E-state index >= 15 is 4.39 Å². The lowest BCUT2D eigenvalue weighted by Crippen LogP contribution is -2.40. The average Bonchev–Trinajstić information content (AvgIpc) is 3.30. The number of halogens is 1. The van der Waals surface area contributed by atoms with Crippen LogP contribution in [0.5, 0.6) is 11.5 Å². The first kappa shape index (κ1) is 29.2. The van der Waals surface area contributed by atoms with E-state index in [4.69, 9.17) is 9.15 Å². The Hall–Kier alpha value is -4.92. The van der Waals surface area contributed by atoms with Crippen molar-refractivity contribution in [3.05, 3.63) is 112 Å². The standard InChI is InChI=1S/C35H34FN3O5/c1-5-29-32(37-20(2)44-29)34(42)39-26-12-9-13-27(40)31(26)38-25-17-35(3,4)18-28(41)30(25)33(39)23-15-14-22(16-24(23)36)43-19-21-10-7-6-8-11-21/h6-16,33,38,40H,5,17-19H2,1-4H3. The van der Waals surface area contributed by atoms with E-state index in [-0.39, 0.29) is 52.8 Å². The SMILES string of the molecule is CCc1oc(C)nc1C(=O)N1c2cccc(O)c2NC2=C(C(=O)CC(C)(C)C2)C1c1ccc(OCc2ccccc2)cc1F. The molecule has 3 aromatic carbocycles. The van der Waals surface area contributed by atoms with Gasteiger partial charge in [-0.15, -0.1) is 0 Å². The number of amides is 1. The fourth-order valence-corrected chi connectivity index (χ4v) is 6.11. The number of fused-ring (bicyclic) bond motifs is 1. The van der Waals surface area contributed by atoms with Gasteiger partial charge in [0.1, 0.15) is 35.4 Å². The third-order valence-corrected chi connectivity index (χ3v) is 8.07. The Morgan fingerprint density at radius 2 is 1.91 bits per heavy atom. The molecule has 2 N–H and O–H groups in total. The summed E-state index contributed by atoms with van der Waals surface area (Å²) in [7, 11) is 0. The Morgan fingerprint density at radius 3 is 2.64 bits per heavy atom. The summed E-state index contributed by atoms with van der Waals surface area (Å²) in [5.74, 6) is -0.544. The highest BCUT2D eigenvalue weighted by Crippen LogP contribution is 2.51. The largest absolute Gasteiger partial charge is 0.506 e. The number of ketones is 1. The smallest absolute Gasteiger partial charge is 0.281 e. The number of carbonyl (C=O) groups excluding carboxylic acids is 2. The predicted molar refractivity (Wildman–Crippen MR) is 164 cm³/mol. The molecular weight excluding hydrogens is 561 g/mol. The van der Waals surface area contributed by atoms with E-state index in [1.807, 2.05) is 51.1 Å². The zero-order valence-electron chi connectivity index (χ0n) is 25.1. The number of anilines is 2. The molecule has 44 heavy (non-hydrogen) atoms. The van der Waals surface area contributed by atoms with Gasteiger partial charge in [0.05, 0.1) is 11.7 Å². The van der Waals surface area contributed by atoms with Crippen molar-refractivity contribution in [2.24, 2.45) is 5.41 Å². The van der Waals surface area contributed by atoms with Gasteiger partial charge < -0.3 is 19.6 Å². The number of aryl methyl sites for hydroxylation is 2. The van der Waals surface area contributed by atoms with Crippen LogP contribution in [0.3, 0.4) is 0 Å². The second-order valence-electron chi connectivity index (χ2n) is 12.0. The molecule has 0 fully saturated rings. The van der Waals surface area contributed by atoms with Crippen LogP contribution < -0.4 is 15.0 Å². The van der Waals surface area contributed by atoms with Crippen molar-refractivity contribution in [2.45, 2.75) is 59.6 Å². The third-order valence-electron chi connectivity index (χ3n) is 8.07. The number of hydrogen-bond acceptors (Lipinski definition) is 7. The summed E-state index contributed by atoms with van der Waals surface area (Å²) in [5.41, 5.74) is 2.05. The van der Waals surface area contributed by atoms with Crippen molar-refractivity contribution in [1.29, 1.82) is 0 Å². The quantitative estimate of drug-likeness (QED) is 0.223. The lowest BCUT2D eigenvalue weighted by Gasteiger charge is -2.37. The van der Waals surface area contributed by atoms with Crippen LogP contribution in [0.1, 0.15) is 72.9 Å². The highest BCUT2D eigenvalue weighted by molar-refractivity contribution is 6.12. The molecule has 8 nitrogen and oxygen atoms in total. The summed E-state index contributed by atoms with van der Waals surface area (Å²) in [5, 5.41) is 14.3. The number of rotatable bonds is 6. The molecule has 0 saturated carbocycles. The van der Waals surface area contributed by atoms with Crippen molar-refractivity contribution in [3.63, 3.8) is 0 Å². The minimum absolute atomic E-state index is 0.0696. The molecule has 2 heterocycles. The van der Waals surface area contributed by atoms with Crippen molar-refractivity contribution >= 4 is 23.1 Å². The fraction of sp³-hybridized carbons (Fsp3) is 0.286. The van der Waals surface area contributed by atoms with Crippen molar-refractivity contribution in [2.75, 3.05) is 10.2 Å². The maximum Gasteiger partial charge on any atom is 0.281 e. The van der Waals surface area contributed by atoms with Crippen molar-refractivity contribution in [3.8, 4) is 11.5 Å². The first-order chi connectivity index (χ1) is 21.1. The second-order valence-corrected chi connectivity index (χ2v) is 12.0. The monoisotopic (exact) mass is 595 g/mol. The van der Waals surface area contributed by atoms with Gasteiger partial charge in [-0.3, -0.25) is 14.5 Å². The number of aromatic hydroxyl groups is 1. The van der Waals surface area contributed by atoms with E-state index in [1.165, 1.54) is 17.0 Å². The number of nitrogens with one attached hydrogen (secondary N) is 1. The average molecular weight is 596 g/mol. The number of para-hydroxylation sites is 1. The lowest BCUT2D eigenvalue weighted by atomic mass is 9.73. The van der Waals surface area contributed by atoms with Gasteiger partial charge in [0.15, 0.2) is 17.4 Å². The molecule has 2 aliphatic rings. The number of Topliss-reactive ketones (excluding diaryl/α,β-unsaturated/α-hetero) is 1. The molecule has 0 bridgehead atoms. The van der Waals surface area contributed by atoms with Crippen LogP contribution in [0.15, 0.2) is 82.4 Å². The zero-order chi connectivity index (χ0) is 31.2. The number of carbonyl (C=O) groups is 2. The summed E-state index contributed by atoms with van der Waals surface area (Å²) in [6.07, 6.45) is 1.05. The Balaban J connectivity index is 1.54. The molecule has 0 radical (unpaired) electrons. The van der Waals surface area contributed by atoms with Gasteiger partial charge in [-0.1, -0.05) is 57.2 Å². The first-order valence-corrected chi connectivity index (χ1v) is 14.7. The minimum atomic E-state index is -1.17. The summed E-state index contributed by atoms with van der Waals surface area (Å²) < 4.78 is 27.9. The normalized spacial score (nSPS) is 17.4.